The van der Waals surface area contributed by atoms with Gasteiger partial charge in [-0.05, 0) is 36.1 Å². The van der Waals surface area contributed by atoms with E-state index in [1.165, 1.54) is 0 Å². The molecular formula is C24H21ClN2O3. The lowest BCUT2D eigenvalue weighted by atomic mass is 9.99. The molecule has 2 aliphatic rings. The van der Waals surface area contributed by atoms with Gasteiger partial charge in [-0.2, -0.15) is 0 Å². The van der Waals surface area contributed by atoms with Crippen LogP contribution in [0.1, 0.15) is 28.8 Å². The molecular weight excluding hydrogens is 400 g/mol. The van der Waals surface area contributed by atoms with Gasteiger partial charge in [-0.3, -0.25) is 9.59 Å². The molecule has 1 fully saturated rings. The standard InChI is InChI=1S/C24H21ClN2O3/c25-20-10-4-8-16-13-27-22(21(16)20)19(24(30)26-11-5-9-17(26)14-28)12-18(23(27)29)15-6-2-1-3-7-15/h1-4,6-8,10,12,17,28H,5,9,11,13-14H2/t17-/m1/s1. The number of hydrogen-bond acceptors (Lipinski definition) is 3. The van der Waals surface area contributed by atoms with Crippen molar-refractivity contribution in [2.24, 2.45) is 0 Å². The summed E-state index contributed by atoms with van der Waals surface area (Å²) in [6.07, 6.45) is 1.63. The topological polar surface area (TPSA) is 62.5 Å². The third-order valence-corrected chi connectivity index (χ3v) is 6.43. The third-order valence-electron chi connectivity index (χ3n) is 6.12. The number of pyridine rings is 1. The van der Waals surface area contributed by atoms with Gasteiger partial charge in [-0.1, -0.05) is 54.1 Å². The Labute approximate surface area is 179 Å². The Morgan fingerprint density at radius 1 is 1.13 bits per heavy atom. The van der Waals surface area contributed by atoms with Crippen LogP contribution in [-0.4, -0.2) is 39.7 Å². The Kier molecular flexibility index (Phi) is 4.72. The first-order valence-corrected chi connectivity index (χ1v) is 10.5. The number of carbonyl (C=O) groups is 1. The molecule has 6 heteroatoms. The highest BCUT2D eigenvalue weighted by molar-refractivity contribution is 6.33. The van der Waals surface area contributed by atoms with E-state index in [9.17, 15) is 14.7 Å². The Morgan fingerprint density at radius 2 is 1.93 bits per heavy atom. The number of halogens is 1. The van der Waals surface area contributed by atoms with Crippen LogP contribution in [0.15, 0.2) is 59.4 Å². The monoisotopic (exact) mass is 420 g/mol. The summed E-state index contributed by atoms with van der Waals surface area (Å²) in [7, 11) is 0. The van der Waals surface area contributed by atoms with Crippen LogP contribution in [0, 0.1) is 0 Å². The molecule has 0 aliphatic carbocycles. The molecule has 1 aromatic heterocycles. The van der Waals surface area contributed by atoms with Crippen molar-refractivity contribution in [2.45, 2.75) is 25.4 Å². The predicted molar refractivity (Wildman–Crippen MR) is 117 cm³/mol. The van der Waals surface area contributed by atoms with E-state index in [-0.39, 0.29) is 24.1 Å². The number of amides is 1. The average molecular weight is 421 g/mol. The van der Waals surface area contributed by atoms with Crippen LogP contribution in [0.3, 0.4) is 0 Å². The minimum Gasteiger partial charge on any atom is -0.394 e. The SMILES string of the molecule is O=C(c1cc(-c2ccccc2)c(=O)n2c1-c1c(Cl)cccc1C2)N1CCC[C@@H]1CO. The maximum Gasteiger partial charge on any atom is 0.259 e. The van der Waals surface area contributed by atoms with E-state index in [4.69, 9.17) is 11.6 Å². The van der Waals surface area contributed by atoms with Gasteiger partial charge in [0.2, 0.25) is 0 Å². The average Bonchev–Trinajstić information content (AvgIpc) is 3.40. The molecule has 2 aromatic carbocycles. The second kappa shape index (κ2) is 7.42. The smallest absolute Gasteiger partial charge is 0.259 e. The molecule has 1 amide bonds. The molecule has 1 saturated heterocycles. The molecule has 5 rings (SSSR count). The molecule has 3 aromatic rings. The first-order valence-electron chi connectivity index (χ1n) is 10.1. The number of benzene rings is 2. The molecule has 0 bridgehead atoms. The van der Waals surface area contributed by atoms with E-state index < -0.39 is 0 Å². The van der Waals surface area contributed by atoms with Gasteiger partial charge in [0, 0.05) is 17.7 Å². The van der Waals surface area contributed by atoms with Gasteiger partial charge in [0.05, 0.1) is 35.5 Å². The highest BCUT2D eigenvalue weighted by atomic mass is 35.5. The van der Waals surface area contributed by atoms with Crippen molar-refractivity contribution in [3.8, 4) is 22.4 Å². The number of rotatable bonds is 3. The van der Waals surface area contributed by atoms with Crippen molar-refractivity contribution in [3.63, 3.8) is 0 Å². The Bertz CT molecular complexity index is 1200. The fraction of sp³-hybridized carbons (Fsp3) is 0.250. The summed E-state index contributed by atoms with van der Waals surface area (Å²) in [6, 6.07) is 16.5. The van der Waals surface area contributed by atoms with Crippen molar-refractivity contribution in [3.05, 3.63) is 81.1 Å². The van der Waals surface area contributed by atoms with Crippen molar-refractivity contribution in [2.75, 3.05) is 13.2 Å². The Balaban J connectivity index is 1.77. The summed E-state index contributed by atoms with van der Waals surface area (Å²) < 4.78 is 1.66. The lowest BCUT2D eigenvalue weighted by molar-refractivity contribution is 0.0678. The number of fused-ring (bicyclic) bond motifs is 3. The van der Waals surface area contributed by atoms with E-state index in [1.54, 1.807) is 21.6 Å². The number of aliphatic hydroxyl groups is 1. The molecule has 0 radical (unpaired) electrons. The van der Waals surface area contributed by atoms with Crippen LogP contribution in [0.4, 0.5) is 0 Å². The number of likely N-dealkylation sites (tertiary alicyclic amines) is 1. The molecule has 2 aliphatic heterocycles. The number of aliphatic hydroxyl groups excluding tert-OH is 1. The van der Waals surface area contributed by atoms with Crippen LogP contribution < -0.4 is 5.56 Å². The van der Waals surface area contributed by atoms with E-state index >= 15 is 0 Å². The molecule has 0 spiro atoms. The molecule has 0 unspecified atom stereocenters. The van der Waals surface area contributed by atoms with Gasteiger partial charge in [0.1, 0.15) is 0 Å². The third kappa shape index (κ3) is 2.89. The second-order valence-electron chi connectivity index (χ2n) is 7.83. The first kappa shape index (κ1) is 19.1. The van der Waals surface area contributed by atoms with E-state index in [0.717, 1.165) is 29.5 Å². The summed E-state index contributed by atoms with van der Waals surface area (Å²) in [5.74, 6) is -0.166. The van der Waals surface area contributed by atoms with Crippen molar-refractivity contribution in [1.29, 1.82) is 0 Å². The van der Waals surface area contributed by atoms with Crippen LogP contribution >= 0.6 is 11.6 Å². The lowest BCUT2D eigenvalue weighted by Crippen LogP contribution is -2.38. The molecule has 152 valence electrons. The van der Waals surface area contributed by atoms with E-state index in [2.05, 4.69) is 0 Å². The molecule has 0 saturated carbocycles. The lowest BCUT2D eigenvalue weighted by Gasteiger charge is -2.25. The summed E-state index contributed by atoms with van der Waals surface area (Å²) in [6.45, 7) is 0.913. The number of nitrogens with zero attached hydrogens (tertiary/aromatic N) is 2. The summed E-state index contributed by atoms with van der Waals surface area (Å²) >= 11 is 6.52. The molecule has 1 atom stereocenters. The zero-order chi connectivity index (χ0) is 20.8. The summed E-state index contributed by atoms with van der Waals surface area (Å²) in [4.78, 5) is 28.8. The van der Waals surface area contributed by atoms with E-state index in [1.807, 2.05) is 42.5 Å². The Hall–Kier alpha value is -2.89. The highest BCUT2D eigenvalue weighted by Crippen LogP contribution is 2.40. The van der Waals surface area contributed by atoms with Crippen molar-refractivity contribution < 1.29 is 9.90 Å². The minimum atomic E-state index is -0.197. The van der Waals surface area contributed by atoms with Crippen LogP contribution in [-0.2, 0) is 6.54 Å². The van der Waals surface area contributed by atoms with Gasteiger partial charge < -0.3 is 14.6 Å². The second-order valence-corrected chi connectivity index (χ2v) is 8.24. The van der Waals surface area contributed by atoms with Crippen LogP contribution in [0.25, 0.3) is 22.4 Å². The molecule has 3 heterocycles. The van der Waals surface area contributed by atoms with Crippen LogP contribution in [0.2, 0.25) is 5.02 Å². The van der Waals surface area contributed by atoms with Gasteiger partial charge >= 0.3 is 0 Å². The number of aromatic nitrogens is 1. The zero-order valence-electron chi connectivity index (χ0n) is 16.3. The highest BCUT2D eigenvalue weighted by Gasteiger charge is 2.34. The van der Waals surface area contributed by atoms with Crippen molar-refractivity contribution >= 4 is 17.5 Å². The van der Waals surface area contributed by atoms with Gasteiger partial charge in [-0.15, -0.1) is 0 Å². The van der Waals surface area contributed by atoms with Gasteiger partial charge in [0.15, 0.2) is 0 Å². The predicted octanol–water partition coefficient (Wildman–Crippen LogP) is 3.79. The van der Waals surface area contributed by atoms with E-state index in [0.29, 0.717) is 34.9 Å². The molecule has 1 N–H and O–H groups in total. The molecule has 5 nitrogen and oxygen atoms in total. The molecule has 30 heavy (non-hydrogen) atoms. The maximum atomic E-state index is 13.6. The number of hydrogen-bond donors (Lipinski definition) is 1. The quantitative estimate of drug-likeness (QED) is 0.548. The maximum absolute atomic E-state index is 13.6. The Morgan fingerprint density at radius 3 is 2.70 bits per heavy atom. The largest absolute Gasteiger partial charge is 0.394 e. The number of carbonyl (C=O) groups excluding carboxylic acids is 1. The fourth-order valence-corrected chi connectivity index (χ4v) is 4.94. The normalized spacial score (nSPS) is 17.1. The minimum absolute atomic E-state index is 0.0659. The zero-order valence-corrected chi connectivity index (χ0v) is 17.1. The summed E-state index contributed by atoms with van der Waals surface area (Å²) in [5.41, 5.74) is 3.84. The van der Waals surface area contributed by atoms with Gasteiger partial charge in [-0.25, -0.2) is 0 Å². The fourth-order valence-electron chi connectivity index (χ4n) is 4.66. The van der Waals surface area contributed by atoms with Gasteiger partial charge in [0.25, 0.3) is 11.5 Å². The van der Waals surface area contributed by atoms with Crippen LogP contribution in [0.5, 0.6) is 0 Å². The summed E-state index contributed by atoms with van der Waals surface area (Å²) in [5, 5.41) is 10.3. The van der Waals surface area contributed by atoms with Crippen molar-refractivity contribution in [1.82, 2.24) is 9.47 Å². The first-order chi connectivity index (χ1) is 14.6.